The van der Waals surface area contributed by atoms with E-state index >= 15 is 0 Å². The first kappa shape index (κ1) is 23.0. The Balaban J connectivity index is 1.60. The van der Waals surface area contributed by atoms with Crippen LogP contribution in [-0.2, 0) is 16.1 Å². The lowest BCUT2D eigenvalue weighted by Crippen LogP contribution is -2.44. The van der Waals surface area contributed by atoms with Gasteiger partial charge in [0.25, 0.3) is 0 Å². The molecule has 4 rings (SSSR count). The molecule has 0 unspecified atom stereocenters. The zero-order valence-corrected chi connectivity index (χ0v) is 19.4. The van der Waals surface area contributed by atoms with Crippen molar-refractivity contribution in [2.45, 2.75) is 25.1 Å². The molecule has 1 N–H and O–H groups in total. The molecule has 0 aromatic heterocycles. The van der Waals surface area contributed by atoms with Crippen LogP contribution < -0.4 is 5.32 Å². The number of carbonyl (C=O) groups is 2. The predicted molar refractivity (Wildman–Crippen MR) is 131 cm³/mol. The summed E-state index contributed by atoms with van der Waals surface area (Å²) in [6.07, 6.45) is 0.0189. The van der Waals surface area contributed by atoms with Gasteiger partial charge in [0.15, 0.2) is 5.17 Å². The Morgan fingerprint density at radius 3 is 2.67 bits per heavy atom. The number of amides is 2. The topological polar surface area (TPSA) is 61.8 Å². The van der Waals surface area contributed by atoms with Crippen LogP contribution in [0.4, 0.5) is 15.8 Å². The van der Waals surface area contributed by atoms with E-state index in [1.165, 1.54) is 28.8 Å². The molecule has 3 aromatic rings. The molecule has 1 fully saturated rings. The van der Waals surface area contributed by atoms with Gasteiger partial charge in [-0.2, -0.15) is 0 Å². The predicted octanol–water partition coefficient (Wildman–Crippen LogP) is 5.95. The number of hydrogen-bond donors (Lipinski definition) is 1. The molecule has 3 aromatic carbocycles. The summed E-state index contributed by atoms with van der Waals surface area (Å²) in [4.78, 5) is 32.1. The number of nitrogens with one attached hydrogen (secondary N) is 1. The zero-order chi connectivity index (χ0) is 23.4. The largest absolute Gasteiger partial charge is 0.325 e. The van der Waals surface area contributed by atoms with Crippen LogP contribution in [0.25, 0.3) is 0 Å². The average molecular weight is 482 g/mol. The summed E-state index contributed by atoms with van der Waals surface area (Å²) >= 11 is 7.35. The molecule has 0 aliphatic carbocycles. The van der Waals surface area contributed by atoms with Crippen molar-refractivity contribution in [1.29, 1.82) is 0 Å². The molecule has 0 saturated carbocycles. The van der Waals surface area contributed by atoms with Gasteiger partial charge in [0.05, 0.1) is 12.2 Å². The maximum atomic E-state index is 13.7. The van der Waals surface area contributed by atoms with Crippen molar-refractivity contribution in [3.8, 4) is 0 Å². The van der Waals surface area contributed by atoms with Crippen LogP contribution in [0.1, 0.15) is 17.5 Å². The molecule has 1 heterocycles. The fourth-order valence-electron chi connectivity index (χ4n) is 3.31. The molecule has 1 saturated heterocycles. The number of nitrogens with zero attached hydrogens (tertiary/aromatic N) is 2. The van der Waals surface area contributed by atoms with Gasteiger partial charge in [0.1, 0.15) is 11.1 Å². The maximum Gasteiger partial charge on any atom is 0.238 e. The second-order valence-electron chi connectivity index (χ2n) is 7.60. The van der Waals surface area contributed by atoms with E-state index in [1.54, 1.807) is 24.3 Å². The second kappa shape index (κ2) is 10.2. The number of benzene rings is 3. The van der Waals surface area contributed by atoms with Crippen molar-refractivity contribution in [2.75, 3.05) is 5.32 Å². The van der Waals surface area contributed by atoms with E-state index in [1.807, 2.05) is 43.3 Å². The van der Waals surface area contributed by atoms with Crippen LogP contribution in [0.5, 0.6) is 0 Å². The van der Waals surface area contributed by atoms with Crippen molar-refractivity contribution in [1.82, 2.24) is 4.90 Å². The van der Waals surface area contributed by atoms with Gasteiger partial charge in [0, 0.05) is 17.1 Å². The molecule has 1 aliphatic heterocycles. The number of aliphatic imine (C=N–C) groups is 1. The highest BCUT2D eigenvalue weighted by Gasteiger charge is 2.36. The Morgan fingerprint density at radius 1 is 1.15 bits per heavy atom. The fourth-order valence-corrected chi connectivity index (χ4v) is 4.59. The van der Waals surface area contributed by atoms with E-state index < -0.39 is 11.1 Å². The highest BCUT2D eigenvalue weighted by Crippen LogP contribution is 2.31. The molecule has 8 heteroatoms. The maximum absolute atomic E-state index is 13.7. The van der Waals surface area contributed by atoms with E-state index in [0.717, 1.165) is 11.1 Å². The lowest BCUT2D eigenvalue weighted by molar-refractivity contribution is -0.129. The second-order valence-corrected chi connectivity index (χ2v) is 9.18. The summed E-state index contributed by atoms with van der Waals surface area (Å²) in [6, 6.07) is 20.6. The summed E-state index contributed by atoms with van der Waals surface area (Å²) in [5, 5.41) is 3.04. The van der Waals surface area contributed by atoms with Gasteiger partial charge >= 0.3 is 0 Å². The zero-order valence-electron chi connectivity index (χ0n) is 17.8. The Hall–Kier alpha value is -3.16. The van der Waals surface area contributed by atoms with Crippen LogP contribution >= 0.6 is 23.4 Å². The van der Waals surface area contributed by atoms with Crippen LogP contribution in [0, 0.1) is 12.7 Å². The quantitative estimate of drug-likeness (QED) is 0.490. The number of anilines is 1. The Bertz CT molecular complexity index is 1220. The number of amidine groups is 1. The van der Waals surface area contributed by atoms with Gasteiger partial charge in [-0.25, -0.2) is 9.38 Å². The van der Waals surface area contributed by atoms with E-state index in [-0.39, 0.29) is 18.2 Å². The van der Waals surface area contributed by atoms with Crippen molar-refractivity contribution < 1.29 is 14.0 Å². The van der Waals surface area contributed by atoms with E-state index in [0.29, 0.717) is 28.1 Å². The summed E-state index contributed by atoms with van der Waals surface area (Å²) in [5.74, 6) is -0.974. The molecule has 0 bridgehead atoms. The first-order chi connectivity index (χ1) is 15.9. The number of carbonyl (C=O) groups excluding carboxylic acids is 2. The molecule has 5 nitrogen and oxygen atoms in total. The molecule has 0 spiro atoms. The van der Waals surface area contributed by atoms with Gasteiger partial charge in [-0.3, -0.25) is 14.5 Å². The first-order valence-electron chi connectivity index (χ1n) is 10.3. The standard InChI is InChI=1S/C25H21ClFN3O2S/c1-16-10-11-20(13-21(16)26)28-24(32)22-14-23(31)30(15-17-6-3-2-4-7-17)25(33-22)29-19-9-5-8-18(27)12-19/h2-13,22H,14-15H2,1H3,(H,28,32)/t22-/m0/s1. The van der Waals surface area contributed by atoms with Gasteiger partial charge in [-0.1, -0.05) is 65.8 Å². The van der Waals surface area contributed by atoms with Crippen molar-refractivity contribution in [3.63, 3.8) is 0 Å². The van der Waals surface area contributed by atoms with Crippen molar-refractivity contribution >= 4 is 51.7 Å². The summed E-state index contributed by atoms with van der Waals surface area (Å²) in [7, 11) is 0. The normalized spacial score (nSPS) is 17.3. The molecule has 1 aliphatic rings. The number of halogens is 2. The average Bonchev–Trinajstić information content (AvgIpc) is 2.79. The highest BCUT2D eigenvalue weighted by molar-refractivity contribution is 8.15. The Kier molecular flexibility index (Phi) is 7.11. The van der Waals surface area contributed by atoms with Crippen LogP contribution in [0.2, 0.25) is 5.02 Å². The first-order valence-corrected chi connectivity index (χ1v) is 11.6. The Labute approximate surface area is 200 Å². The summed E-state index contributed by atoms with van der Waals surface area (Å²) < 4.78 is 13.7. The third kappa shape index (κ3) is 5.80. The van der Waals surface area contributed by atoms with Gasteiger partial charge in [-0.15, -0.1) is 0 Å². The molecule has 33 heavy (non-hydrogen) atoms. The number of aryl methyl sites for hydroxylation is 1. The highest BCUT2D eigenvalue weighted by atomic mass is 35.5. The summed E-state index contributed by atoms with van der Waals surface area (Å²) in [6.45, 7) is 2.18. The fraction of sp³-hybridized carbons (Fsp3) is 0.160. The molecular weight excluding hydrogens is 461 g/mol. The third-order valence-electron chi connectivity index (χ3n) is 5.09. The van der Waals surface area contributed by atoms with Crippen LogP contribution in [0.15, 0.2) is 77.8 Å². The molecular formula is C25H21ClFN3O2S. The van der Waals surface area contributed by atoms with Gasteiger partial charge in [0.2, 0.25) is 11.8 Å². The van der Waals surface area contributed by atoms with Crippen molar-refractivity contribution in [2.24, 2.45) is 4.99 Å². The minimum absolute atomic E-state index is 0.0189. The Morgan fingerprint density at radius 2 is 1.94 bits per heavy atom. The third-order valence-corrected chi connectivity index (χ3v) is 6.68. The SMILES string of the molecule is Cc1ccc(NC(=O)[C@@H]2CC(=O)N(Cc3ccccc3)C(=Nc3cccc(F)c3)S2)cc1Cl. The van der Waals surface area contributed by atoms with Gasteiger partial charge < -0.3 is 5.32 Å². The minimum Gasteiger partial charge on any atom is -0.325 e. The lowest BCUT2D eigenvalue weighted by atomic mass is 10.2. The number of rotatable bonds is 5. The summed E-state index contributed by atoms with van der Waals surface area (Å²) in [5.41, 5.74) is 2.75. The lowest BCUT2D eigenvalue weighted by Gasteiger charge is -2.32. The van der Waals surface area contributed by atoms with Crippen LogP contribution in [-0.4, -0.2) is 27.1 Å². The van der Waals surface area contributed by atoms with E-state index in [4.69, 9.17) is 11.6 Å². The van der Waals surface area contributed by atoms with Crippen molar-refractivity contribution in [3.05, 3.63) is 94.8 Å². The van der Waals surface area contributed by atoms with E-state index in [2.05, 4.69) is 10.3 Å². The van der Waals surface area contributed by atoms with Gasteiger partial charge in [-0.05, 0) is 48.4 Å². The minimum atomic E-state index is -0.683. The molecule has 168 valence electrons. The molecule has 0 radical (unpaired) electrons. The number of thioether (sulfide) groups is 1. The monoisotopic (exact) mass is 481 g/mol. The number of hydrogen-bond acceptors (Lipinski definition) is 4. The van der Waals surface area contributed by atoms with Crippen LogP contribution in [0.3, 0.4) is 0 Å². The smallest absolute Gasteiger partial charge is 0.238 e. The molecule has 2 amide bonds. The molecule has 1 atom stereocenters. The van der Waals surface area contributed by atoms with E-state index in [9.17, 15) is 14.0 Å².